The number of esters is 1. The molecule has 1 aliphatic carbocycles. The van der Waals surface area contributed by atoms with Crippen LogP contribution < -0.4 is 9.47 Å². The Hall–Kier alpha value is -2.19. The molecule has 2 aliphatic rings. The number of ether oxygens (including phenoxy) is 4. The van der Waals surface area contributed by atoms with E-state index in [1.807, 2.05) is 19.9 Å². The van der Waals surface area contributed by atoms with Crippen molar-refractivity contribution in [1.82, 2.24) is 0 Å². The Morgan fingerprint density at radius 2 is 1.87 bits per heavy atom. The van der Waals surface area contributed by atoms with Gasteiger partial charge in [-0.05, 0) is 44.4 Å². The Balaban J connectivity index is 2.09. The van der Waals surface area contributed by atoms with Gasteiger partial charge in [0.1, 0.15) is 12.5 Å². The van der Waals surface area contributed by atoms with Gasteiger partial charge < -0.3 is 18.9 Å². The molecule has 0 bridgehead atoms. The second kappa shape index (κ2) is 10.4. The monoisotopic (exact) mass is 493 g/mol. The molecule has 1 aromatic carbocycles. The molecule has 0 amide bonds. The molecule has 2 atom stereocenters. The SMILES string of the molecule is CCOCCOC(=O)C1C(C)=NC2=C(C(=O)CCC2)[C@@H]1c1cc(OC)c(OC)cc1Br. The Kier molecular flexibility index (Phi) is 7.89. The van der Waals surface area contributed by atoms with Crippen LogP contribution in [0.15, 0.2) is 32.9 Å². The van der Waals surface area contributed by atoms with E-state index in [-0.39, 0.29) is 12.4 Å². The molecule has 0 aromatic heterocycles. The number of allylic oxidation sites excluding steroid dienone is 2. The van der Waals surface area contributed by atoms with Crippen LogP contribution in [0, 0.1) is 5.92 Å². The third-order valence-corrected chi connectivity index (χ3v) is 6.29. The number of Topliss-reactive ketones (excluding diaryl/α,β-unsaturated/α-hetero) is 1. The maximum atomic E-state index is 13.2. The zero-order chi connectivity index (χ0) is 22.5. The topological polar surface area (TPSA) is 83.4 Å². The summed E-state index contributed by atoms with van der Waals surface area (Å²) in [5.74, 6) is -0.547. The highest BCUT2D eigenvalue weighted by molar-refractivity contribution is 9.10. The van der Waals surface area contributed by atoms with Crippen molar-refractivity contribution in [2.24, 2.45) is 10.9 Å². The highest BCUT2D eigenvalue weighted by atomic mass is 79.9. The molecule has 0 spiro atoms. The molecule has 168 valence electrons. The van der Waals surface area contributed by atoms with Gasteiger partial charge in [0.05, 0.1) is 20.8 Å². The summed E-state index contributed by atoms with van der Waals surface area (Å²) in [5.41, 5.74) is 2.76. The third-order valence-electron chi connectivity index (χ3n) is 5.60. The van der Waals surface area contributed by atoms with Crippen LogP contribution in [0.5, 0.6) is 11.5 Å². The van der Waals surface area contributed by atoms with Crippen LogP contribution in [0.3, 0.4) is 0 Å². The first-order valence-corrected chi connectivity index (χ1v) is 11.2. The summed E-state index contributed by atoms with van der Waals surface area (Å²) in [6.45, 7) is 4.72. The summed E-state index contributed by atoms with van der Waals surface area (Å²) < 4.78 is 22.4. The summed E-state index contributed by atoms with van der Waals surface area (Å²) in [4.78, 5) is 30.8. The van der Waals surface area contributed by atoms with Crippen molar-refractivity contribution in [2.75, 3.05) is 34.0 Å². The van der Waals surface area contributed by atoms with Gasteiger partial charge in [-0.25, -0.2) is 0 Å². The number of hydrogen-bond donors (Lipinski definition) is 0. The molecule has 0 fully saturated rings. The van der Waals surface area contributed by atoms with E-state index in [0.29, 0.717) is 48.8 Å². The van der Waals surface area contributed by atoms with Crippen molar-refractivity contribution in [2.45, 2.75) is 39.0 Å². The van der Waals surface area contributed by atoms with Crippen LogP contribution >= 0.6 is 15.9 Å². The molecule has 0 saturated heterocycles. The Morgan fingerprint density at radius 3 is 2.55 bits per heavy atom. The van der Waals surface area contributed by atoms with Gasteiger partial charge in [0.25, 0.3) is 0 Å². The van der Waals surface area contributed by atoms with E-state index in [9.17, 15) is 9.59 Å². The predicted molar refractivity (Wildman–Crippen MR) is 120 cm³/mol. The van der Waals surface area contributed by atoms with Crippen molar-refractivity contribution in [3.05, 3.63) is 33.4 Å². The quantitative estimate of drug-likeness (QED) is 0.398. The summed E-state index contributed by atoms with van der Waals surface area (Å²) in [7, 11) is 3.12. The van der Waals surface area contributed by atoms with E-state index in [2.05, 4.69) is 20.9 Å². The Labute approximate surface area is 190 Å². The van der Waals surface area contributed by atoms with Crippen LogP contribution in [0.1, 0.15) is 44.6 Å². The van der Waals surface area contributed by atoms with Gasteiger partial charge in [-0.15, -0.1) is 0 Å². The highest BCUT2D eigenvalue weighted by Crippen LogP contribution is 2.47. The van der Waals surface area contributed by atoms with E-state index in [1.165, 1.54) is 0 Å². The van der Waals surface area contributed by atoms with Crippen molar-refractivity contribution in [3.8, 4) is 11.5 Å². The lowest BCUT2D eigenvalue weighted by molar-refractivity contribution is -0.148. The number of carbonyl (C=O) groups is 2. The zero-order valence-corrected chi connectivity index (χ0v) is 19.9. The molecule has 1 aliphatic heterocycles. The van der Waals surface area contributed by atoms with Crippen molar-refractivity contribution in [1.29, 1.82) is 0 Å². The van der Waals surface area contributed by atoms with Crippen molar-refractivity contribution >= 4 is 33.4 Å². The summed E-state index contributed by atoms with van der Waals surface area (Å²) >= 11 is 3.61. The predicted octanol–water partition coefficient (Wildman–Crippen LogP) is 4.23. The lowest BCUT2D eigenvalue weighted by atomic mass is 9.71. The second-order valence-corrected chi connectivity index (χ2v) is 8.29. The van der Waals surface area contributed by atoms with E-state index in [4.69, 9.17) is 18.9 Å². The minimum Gasteiger partial charge on any atom is -0.493 e. The molecule has 1 unspecified atom stereocenters. The van der Waals surface area contributed by atoms with Crippen molar-refractivity contribution < 1.29 is 28.5 Å². The fourth-order valence-electron chi connectivity index (χ4n) is 4.19. The Bertz CT molecular complexity index is 923. The highest BCUT2D eigenvalue weighted by Gasteiger charge is 2.44. The summed E-state index contributed by atoms with van der Waals surface area (Å²) in [6.07, 6.45) is 1.92. The van der Waals surface area contributed by atoms with Crippen LogP contribution in [0.25, 0.3) is 0 Å². The van der Waals surface area contributed by atoms with Crippen LogP contribution in [-0.2, 0) is 19.1 Å². The molecule has 3 rings (SSSR count). The van der Waals surface area contributed by atoms with Crippen LogP contribution in [0.4, 0.5) is 0 Å². The number of benzene rings is 1. The lowest BCUT2D eigenvalue weighted by Crippen LogP contribution is -2.37. The molecule has 0 saturated carbocycles. The van der Waals surface area contributed by atoms with Crippen molar-refractivity contribution in [3.63, 3.8) is 0 Å². The maximum Gasteiger partial charge on any atom is 0.315 e. The molecule has 31 heavy (non-hydrogen) atoms. The molecule has 0 N–H and O–H groups in total. The Morgan fingerprint density at radius 1 is 1.16 bits per heavy atom. The first-order valence-electron chi connectivity index (χ1n) is 10.4. The molecule has 1 aromatic rings. The standard InChI is InChI=1S/C23H28BrNO6/c1-5-30-9-10-31-23(27)20-13(2)25-16-7-6-8-17(26)22(16)21(20)14-11-18(28-3)19(29-4)12-15(14)24/h11-12,20-21H,5-10H2,1-4H3/t20?,21-/m1/s1. The van der Waals surface area contributed by atoms with E-state index in [1.54, 1.807) is 20.3 Å². The molecule has 1 heterocycles. The normalized spacial score (nSPS) is 20.8. The zero-order valence-electron chi connectivity index (χ0n) is 18.3. The summed E-state index contributed by atoms with van der Waals surface area (Å²) in [6, 6.07) is 3.61. The van der Waals surface area contributed by atoms with E-state index >= 15 is 0 Å². The first-order chi connectivity index (χ1) is 14.9. The van der Waals surface area contributed by atoms with Gasteiger partial charge in [-0.1, -0.05) is 15.9 Å². The third kappa shape index (κ3) is 4.85. The minimum atomic E-state index is -0.711. The number of nitrogens with zero attached hydrogens (tertiary/aromatic N) is 1. The van der Waals surface area contributed by atoms with Gasteiger partial charge >= 0.3 is 5.97 Å². The average molecular weight is 494 g/mol. The van der Waals surface area contributed by atoms with Gasteiger partial charge in [0.15, 0.2) is 17.3 Å². The van der Waals surface area contributed by atoms with E-state index < -0.39 is 17.8 Å². The molecule has 0 radical (unpaired) electrons. The van der Waals surface area contributed by atoms with Crippen LogP contribution in [-0.4, -0.2) is 51.5 Å². The van der Waals surface area contributed by atoms with E-state index in [0.717, 1.165) is 22.2 Å². The minimum absolute atomic E-state index is 0.0244. The number of carbonyl (C=O) groups excluding carboxylic acids is 2. The number of ketones is 1. The fourth-order valence-corrected chi connectivity index (χ4v) is 4.76. The molecule has 7 nitrogen and oxygen atoms in total. The average Bonchev–Trinajstić information content (AvgIpc) is 2.75. The number of rotatable bonds is 8. The number of halogens is 1. The second-order valence-electron chi connectivity index (χ2n) is 7.44. The molecular weight excluding hydrogens is 466 g/mol. The number of hydrogen-bond acceptors (Lipinski definition) is 7. The maximum absolute atomic E-state index is 13.2. The van der Waals surface area contributed by atoms with Crippen LogP contribution in [0.2, 0.25) is 0 Å². The van der Waals surface area contributed by atoms with Gasteiger partial charge in [-0.2, -0.15) is 0 Å². The molecular formula is C23H28BrNO6. The number of methoxy groups -OCH3 is 2. The van der Waals surface area contributed by atoms with Gasteiger partial charge in [-0.3, -0.25) is 14.6 Å². The van der Waals surface area contributed by atoms with Gasteiger partial charge in [0, 0.05) is 40.4 Å². The summed E-state index contributed by atoms with van der Waals surface area (Å²) in [5, 5.41) is 0. The van der Waals surface area contributed by atoms with Gasteiger partial charge in [0.2, 0.25) is 0 Å². The molecule has 8 heteroatoms. The lowest BCUT2D eigenvalue weighted by Gasteiger charge is -2.35. The smallest absolute Gasteiger partial charge is 0.315 e. The largest absolute Gasteiger partial charge is 0.493 e. The number of aliphatic imine (C=N–C) groups is 1. The fraction of sp³-hybridized carbons (Fsp3) is 0.522. The first kappa shape index (κ1) is 23.5.